The van der Waals surface area contributed by atoms with Gasteiger partial charge >= 0.3 is 0 Å². The van der Waals surface area contributed by atoms with Gasteiger partial charge in [0.25, 0.3) is 0 Å². The van der Waals surface area contributed by atoms with Crippen LogP contribution in [0.1, 0.15) is 94.9 Å². The van der Waals surface area contributed by atoms with Crippen molar-refractivity contribution in [1.29, 1.82) is 0 Å². The lowest BCUT2D eigenvalue weighted by atomic mass is 10.4. The van der Waals surface area contributed by atoms with Gasteiger partial charge in [-0.2, -0.15) is 0 Å². The van der Waals surface area contributed by atoms with E-state index in [1.54, 1.807) is 4.90 Å². The average molecular weight is 770 g/mol. The summed E-state index contributed by atoms with van der Waals surface area (Å²) in [5.41, 5.74) is 0. The average Bonchev–Trinajstić information content (AvgIpc) is 3.09. The third-order valence-corrected chi connectivity index (χ3v) is 5.41. The number of ether oxygens (including phenoxy) is 9. The normalized spacial score (nSPS) is 9.62. The first-order chi connectivity index (χ1) is 23.1. The molecule has 2 amide bonds. The Morgan fingerprint density at radius 1 is 0.423 bits per heavy atom. The number of carbonyl (C=O) groups excluding carboxylic acids is 2. The van der Waals surface area contributed by atoms with Crippen LogP contribution in [-0.2, 0) is 52.2 Å². The number of carbonyl (C=O) groups is 2. The Labute approximate surface area is 325 Å². The van der Waals surface area contributed by atoms with E-state index in [0.29, 0.717) is 132 Å². The molecule has 14 heteroatoms. The van der Waals surface area contributed by atoms with Gasteiger partial charge in [0.1, 0.15) is 0 Å². The molecule has 328 valence electrons. The highest BCUT2D eigenvalue weighted by atomic mass is 16.6. The Morgan fingerprint density at radius 2 is 0.692 bits per heavy atom. The van der Waals surface area contributed by atoms with Crippen LogP contribution >= 0.6 is 0 Å². The highest BCUT2D eigenvalue weighted by molar-refractivity contribution is 5.81. The van der Waals surface area contributed by atoms with Crippen molar-refractivity contribution in [2.45, 2.75) is 92.0 Å². The smallest absolute Gasteiger partial charge is 0.234 e. The number of rotatable bonds is 35. The van der Waals surface area contributed by atoms with Gasteiger partial charge < -0.3 is 53.3 Å². The lowest BCUT2D eigenvalue weighted by Crippen LogP contribution is -2.45. The summed E-state index contributed by atoms with van der Waals surface area (Å²) in [6, 6.07) is 0. The summed E-state index contributed by atoms with van der Waals surface area (Å²) in [6.07, 6.45) is 0.987. The maximum absolute atomic E-state index is 12.5. The highest BCUT2D eigenvalue weighted by Gasteiger charge is 2.14. The van der Waals surface area contributed by atoms with Gasteiger partial charge in [-0.15, -0.1) is 0 Å². The minimum Gasteiger partial charge on any atom is -0.379 e. The number of amides is 2. The standard InChI is InChI=1S/C29H59N3O11.2C2H6.5CH4.2H2/c1-4-10-37-18-22-43-24-20-39-12-8-31-29(34)27-32(9-13-40-21-25-42-17-15-36-6-3)26-28(33)30-7-11-38-19-23-41-16-14-35-5-2;2*1-2;;;;;;;/h4-27H2,1-3H3,(H,30,33)(H,31,34);2*1-2H3;5*1H4;2*1H. The van der Waals surface area contributed by atoms with E-state index in [-0.39, 0.29) is 64.9 Å². The molecular formula is C38H95N3O11. The van der Waals surface area contributed by atoms with Gasteiger partial charge in [-0.1, -0.05) is 71.8 Å². The number of hydrogen-bond acceptors (Lipinski definition) is 12. The van der Waals surface area contributed by atoms with Crippen molar-refractivity contribution in [3.8, 4) is 0 Å². The predicted octanol–water partition coefficient (Wildman–Crippen LogP) is 5.84. The van der Waals surface area contributed by atoms with Crippen LogP contribution in [0.2, 0.25) is 0 Å². The van der Waals surface area contributed by atoms with E-state index in [9.17, 15) is 9.59 Å². The zero-order chi connectivity index (χ0) is 35.5. The second kappa shape index (κ2) is 64.5. The fraction of sp³-hybridized carbons (Fsp3) is 0.947. The van der Waals surface area contributed by atoms with Crippen LogP contribution in [0.4, 0.5) is 0 Å². The topological polar surface area (TPSA) is 145 Å². The maximum atomic E-state index is 12.5. The summed E-state index contributed by atoms with van der Waals surface area (Å²) in [7, 11) is 0. The minimum absolute atomic E-state index is 0. The molecular weight excluding hydrogens is 674 g/mol. The molecule has 0 saturated heterocycles. The van der Waals surface area contributed by atoms with Crippen molar-refractivity contribution < 1.29 is 55.1 Å². The first-order valence-corrected chi connectivity index (χ1v) is 17.6. The SMILES string of the molecule is C.C.C.C.C.CC.CC.CCCOCCOCCOCCNC(=O)CN(CCOCCOCCOCC)CC(=O)NCCOCCOCCOCC.[HH].[HH]. The van der Waals surface area contributed by atoms with Crippen LogP contribution < -0.4 is 10.6 Å². The van der Waals surface area contributed by atoms with E-state index in [1.165, 1.54) is 0 Å². The van der Waals surface area contributed by atoms with Crippen molar-refractivity contribution in [3.05, 3.63) is 0 Å². The fourth-order valence-electron chi connectivity index (χ4n) is 3.31. The van der Waals surface area contributed by atoms with Gasteiger partial charge in [-0.25, -0.2) is 0 Å². The predicted molar refractivity (Wildman–Crippen MR) is 222 cm³/mol. The Morgan fingerprint density at radius 3 is 1.00 bits per heavy atom. The molecule has 0 aromatic carbocycles. The van der Waals surface area contributed by atoms with Crippen molar-refractivity contribution in [3.63, 3.8) is 0 Å². The molecule has 0 spiro atoms. The summed E-state index contributed by atoms with van der Waals surface area (Å²) in [5.74, 6) is -0.403. The third kappa shape index (κ3) is 60.6. The molecule has 0 heterocycles. The number of hydrogen-bond donors (Lipinski definition) is 2. The second-order valence-corrected chi connectivity index (χ2v) is 9.09. The molecule has 0 aromatic heterocycles. The molecule has 52 heavy (non-hydrogen) atoms. The summed E-state index contributed by atoms with van der Waals surface area (Å²) < 4.78 is 48.6. The van der Waals surface area contributed by atoms with Crippen LogP contribution in [0.3, 0.4) is 0 Å². The first kappa shape index (κ1) is 68.5. The van der Waals surface area contributed by atoms with Crippen molar-refractivity contribution in [2.24, 2.45) is 0 Å². The van der Waals surface area contributed by atoms with E-state index in [4.69, 9.17) is 42.6 Å². The largest absolute Gasteiger partial charge is 0.379 e. The van der Waals surface area contributed by atoms with Gasteiger partial charge in [-0.05, 0) is 20.3 Å². The zero-order valence-electron chi connectivity index (χ0n) is 30.9. The van der Waals surface area contributed by atoms with Crippen LogP contribution in [0.5, 0.6) is 0 Å². The molecule has 0 radical (unpaired) electrons. The molecule has 0 aromatic rings. The van der Waals surface area contributed by atoms with Crippen molar-refractivity contribution in [1.82, 2.24) is 15.5 Å². The quantitative estimate of drug-likeness (QED) is 0.0747. The number of nitrogens with one attached hydrogen (secondary N) is 2. The van der Waals surface area contributed by atoms with E-state index < -0.39 is 0 Å². The monoisotopic (exact) mass is 770 g/mol. The maximum Gasteiger partial charge on any atom is 0.234 e. The lowest BCUT2D eigenvalue weighted by molar-refractivity contribution is -0.125. The van der Waals surface area contributed by atoms with E-state index in [1.807, 2.05) is 41.5 Å². The zero-order valence-corrected chi connectivity index (χ0v) is 30.9. The Hall–Kier alpha value is -1.46. The number of nitrogens with zero attached hydrogens (tertiary/aromatic N) is 1. The molecule has 0 aliphatic heterocycles. The molecule has 2 N–H and O–H groups in total. The van der Waals surface area contributed by atoms with E-state index >= 15 is 0 Å². The molecule has 0 aliphatic rings. The van der Waals surface area contributed by atoms with Gasteiger partial charge in [0.15, 0.2) is 0 Å². The molecule has 0 rings (SSSR count). The van der Waals surface area contributed by atoms with Crippen molar-refractivity contribution >= 4 is 11.8 Å². The van der Waals surface area contributed by atoms with Gasteiger partial charge in [-0.3, -0.25) is 14.5 Å². The molecule has 0 atom stereocenters. The minimum atomic E-state index is -0.202. The summed E-state index contributed by atoms with van der Waals surface area (Å²) in [6.45, 7) is 24.3. The van der Waals surface area contributed by atoms with E-state index in [2.05, 4.69) is 17.6 Å². The highest BCUT2D eigenvalue weighted by Crippen LogP contribution is 1.92. The van der Waals surface area contributed by atoms with Gasteiger partial charge in [0.05, 0.1) is 112 Å². The Bertz CT molecular complexity index is 623. The fourth-order valence-corrected chi connectivity index (χ4v) is 3.31. The van der Waals surface area contributed by atoms with Gasteiger partial charge in [0.2, 0.25) is 11.8 Å². The van der Waals surface area contributed by atoms with Crippen LogP contribution in [0, 0.1) is 0 Å². The summed E-state index contributed by atoms with van der Waals surface area (Å²) in [4.78, 5) is 26.7. The van der Waals surface area contributed by atoms with Crippen LogP contribution in [0.15, 0.2) is 0 Å². The molecule has 0 fully saturated rings. The Balaban J connectivity index is -0.000000212. The molecule has 0 aliphatic carbocycles. The molecule has 0 saturated carbocycles. The molecule has 0 bridgehead atoms. The van der Waals surface area contributed by atoms with Gasteiger partial charge in [0, 0.05) is 42.3 Å². The van der Waals surface area contributed by atoms with Crippen LogP contribution in [0.25, 0.3) is 0 Å². The molecule has 0 unspecified atom stereocenters. The van der Waals surface area contributed by atoms with Crippen molar-refractivity contribution in [2.75, 3.05) is 152 Å². The molecule has 14 nitrogen and oxygen atoms in total. The third-order valence-electron chi connectivity index (χ3n) is 5.41. The summed E-state index contributed by atoms with van der Waals surface area (Å²) in [5, 5.41) is 5.64. The first-order valence-electron chi connectivity index (χ1n) is 17.6. The summed E-state index contributed by atoms with van der Waals surface area (Å²) >= 11 is 0. The lowest BCUT2D eigenvalue weighted by Gasteiger charge is -2.21. The second-order valence-electron chi connectivity index (χ2n) is 9.09. The Kier molecular flexibility index (Phi) is 85.0. The van der Waals surface area contributed by atoms with Crippen LogP contribution in [-0.4, -0.2) is 168 Å². The van der Waals surface area contributed by atoms with E-state index in [0.717, 1.165) is 13.0 Å².